The Kier molecular flexibility index (Phi) is 5.00. The zero-order chi connectivity index (χ0) is 23.3. The molecule has 0 atom stereocenters. The minimum absolute atomic E-state index is 0.131. The van der Waals surface area contributed by atoms with Crippen molar-refractivity contribution in [1.82, 2.24) is 14.8 Å². The van der Waals surface area contributed by atoms with Crippen LogP contribution in [0.25, 0.3) is 16.9 Å². The lowest BCUT2D eigenvalue weighted by Crippen LogP contribution is -2.39. The summed E-state index contributed by atoms with van der Waals surface area (Å²) in [6.07, 6.45) is 8.76. The summed E-state index contributed by atoms with van der Waals surface area (Å²) in [7, 11) is 0. The summed E-state index contributed by atoms with van der Waals surface area (Å²) in [4.78, 5) is 9.14. The van der Waals surface area contributed by atoms with Gasteiger partial charge >= 0.3 is 0 Å². The zero-order valence-corrected chi connectivity index (χ0v) is 19.3. The average Bonchev–Trinajstić information content (AvgIpc) is 3.40. The molecule has 6 nitrogen and oxygen atoms in total. The normalized spacial score (nSPS) is 21.1. The molecule has 3 aromatic rings. The molecule has 1 saturated carbocycles. The second-order valence-corrected chi connectivity index (χ2v) is 10.1. The Bertz CT molecular complexity index is 1180. The lowest BCUT2D eigenvalue weighted by molar-refractivity contribution is -0.0221. The Labute approximate surface area is 198 Å². The molecule has 1 aromatic carbocycles. The number of benzene rings is 1. The van der Waals surface area contributed by atoms with Crippen molar-refractivity contribution in [1.29, 1.82) is 0 Å². The fourth-order valence-corrected chi connectivity index (χ4v) is 5.30. The number of halogens is 2. The molecule has 0 radical (unpaired) electrons. The van der Waals surface area contributed by atoms with Gasteiger partial charge in [-0.05, 0) is 61.4 Å². The summed E-state index contributed by atoms with van der Waals surface area (Å²) in [5.74, 6) is -1.84. The number of nitrogens with zero attached hydrogens (tertiary/aromatic N) is 5. The summed E-state index contributed by atoms with van der Waals surface area (Å²) >= 11 is 0. The molecule has 2 N–H and O–H groups in total. The first-order valence-corrected chi connectivity index (χ1v) is 12.2. The van der Waals surface area contributed by atoms with E-state index in [1.807, 2.05) is 58.4 Å². The Morgan fingerprint density at radius 1 is 0.824 bits per heavy atom. The first-order chi connectivity index (χ1) is 16.4. The first-order valence-electron chi connectivity index (χ1n) is 12.2. The molecule has 3 fully saturated rings. The molecule has 6 rings (SSSR count). The van der Waals surface area contributed by atoms with E-state index in [2.05, 4.69) is 10.00 Å². The highest BCUT2D eigenvalue weighted by Gasteiger charge is 2.44. The molecule has 1 aliphatic carbocycles. The second kappa shape index (κ2) is 7.96. The number of piperidine rings is 2. The van der Waals surface area contributed by atoms with Gasteiger partial charge in [0, 0.05) is 56.5 Å². The molecular weight excluding hydrogens is 434 g/mol. The molecule has 2 aliphatic heterocycles. The van der Waals surface area contributed by atoms with Gasteiger partial charge in [-0.15, -0.1) is 0 Å². The SMILES string of the molecule is Nc1ccc(-n2cc(-c3cccc(N4CCC(F)(F)CC4)n3)cn2)c(N2CCC3(CC2)CC3)c1. The smallest absolute Gasteiger partial charge is 0.251 e. The van der Waals surface area contributed by atoms with E-state index in [1.165, 1.54) is 25.7 Å². The largest absolute Gasteiger partial charge is 0.399 e. The number of anilines is 3. The molecule has 2 aromatic heterocycles. The highest BCUT2D eigenvalue weighted by molar-refractivity contribution is 5.69. The third kappa shape index (κ3) is 4.10. The zero-order valence-electron chi connectivity index (χ0n) is 19.3. The van der Waals surface area contributed by atoms with Gasteiger partial charge in [-0.1, -0.05) is 6.07 Å². The van der Waals surface area contributed by atoms with Crippen LogP contribution < -0.4 is 15.5 Å². The maximum absolute atomic E-state index is 13.6. The van der Waals surface area contributed by atoms with Crippen molar-refractivity contribution in [2.75, 3.05) is 41.7 Å². The first kappa shape index (κ1) is 21.4. The van der Waals surface area contributed by atoms with Crippen LogP contribution in [0, 0.1) is 5.41 Å². The summed E-state index contributed by atoms with van der Waals surface area (Å²) in [6.45, 7) is 2.72. The Morgan fingerprint density at radius 2 is 1.56 bits per heavy atom. The molecule has 3 aliphatic rings. The summed E-state index contributed by atoms with van der Waals surface area (Å²) in [5, 5.41) is 4.65. The number of hydrogen-bond acceptors (Lipinski definition) is 5. The topological polar surface area (TPSA) is 63.2 Å². The van der Waals surface area contributed by atoms with Crippen molar-refractivity contribution < 1.29 is 8.78 Å². The van der Waals surface area contributed by atoms with E-state index in [0.717, 1.165) is 47.2 Å². The van der Waals surface area contributed by atoms with Crippen molar-refractivity contribution in [3.8, 4) is 16.9 Å². The van der Waals surface area contributed by atoms with Crippen LogP contribution in [0.4, 0.5) is 26.0 Å². The van der Waals surface area contributed by atoms with Gasteiger partial charge < -0.3 is 15.5 Å². The highest BCUT2D eigenvalue weighted by atomic mass is 19.3. The Morgan fingerprint density at radius 3 is 2.29 bits per heavy atom. The molecular formula is C26H30F2N6. The number of hydrogen-bond donors (Lipinski definition) is 1. The molecule has 1 spiro atoms. The molecule has 2 saturated heterocycles. The van der Waals surface area contributed by atoms with Crippen molar-refractivity contribution in [3.63, 3.8) is 0 Å². The molecule has 0 amide bonds. The lowest BCUT2D eigenvalue weighted by atomic mass is 9.93. The monoisotopic (exact) mass is 464 g/mol. The van der Waals surface area contributed by atoms with Crippen LogP contribution in [0.15, 0.2) is 48.8 Å². The van der Waals surface area contributed by atoms with Gasteiger partial charge in [0.05, 0.1) is 23.3 Å². The number of rotatable bonds is 4. The number of alkyl halides is 2. The molecule has 178 valence electrons. The molecule has 0 unspecified atom stereocenters. The van der Waals surface area contributed by atoms with E-state index >= 15 is 0 Å². The number of pyridine rings is 1. The maximum atomic E-state index is 13.6. The minimum atomic E-state index is -2.57. The van der Waals surface area contributed by atoms with E-state index < -0.39 is 5.92 Å². The summed E-state index contributed by atoms with van der Waals surface area (Å²) in [5.41, 5.74) is 11.3. The number of nitrogen functional groups attached to an aromatic ring is 1. The van der Waals surface area contributed by atoms with Crippen LogP contribution >= 0.6 is 0 Å². The summed E-state index contributed by atoms with van der Waals surface area (Å²) < 4.78 is 29.0. The highest BCUT2D eigenvalue weighted by Crippen LogP contribution is 2.54. The maximum Gasteiger partial charge on any atom is 0.251 e. The summed E-state index contributed by atoms with van der Waals surface area (Å²) in [6, 6.07) is 11.7. The van der Waals surface area contributed by atoms with Crippen LogP contribution in [0.5, 0.6) is 0 Å². The fraction of sp³-hybridized carbons (Fsp3) is 0.462. The Balaban J connectivity index is 1.25. The van der Waals surface area contributed by atoms with Crippen LogP contribution in [0.2, 0.25) is 0 Å². The predicted octanol–water partition coefficient (Wildman–Crippen LogP) is 5.13. The quantitative estimate of drug-likeness (QED) is 0.542. The van der Waals surface area contributed by atoms with Crippen LogP contribution in [-0.4, -0.2) is 46.9 Å². The van der Waals surface area contributed by atoms with E-state index in [9.17, 15) is 8.78 Å². The predicted molar refractivity (Wildman–Crippen MR) is 131 cm³/mol. The molecule has 4 heterocycles. The molecule has 8 heteroatoms. The van der Waals surface area contributed by atoms with Gasteiger partial charge in [-0.3, -0.25) is 0 Å². The van der Waals surface area contributed by atoms with Gasteiger partial charge in [-0.25, -0.2) is 18.4 Å². The van der Waals surface area contributed by atoms with Crippen molar-refractivity contribution in [2.24, 2.45) is 5.41 Å². The van der Waals surface area contributed by atoms with Crippen LogP contribution in [0.1, 0.15) is 38.5 Å². The van der Waals surface area contributed by atoms with E-state index in [-0.39, 0.29) is 12.8 Å². The fourth-order valence-electron chi connectivity index (χ4n) is 5.30. The van der Waals surface area contributed by atoms with Crippen LogP contribution in [0.3, 0.4) is 0 Å². The average molecular weight is 465 g/mol. The van der Waals surface area contributed by atoms with Crippen LogP contribution in [-0.2, 0) is 0 Å². The van der Waals surface area contributed by atoms with E-state index in [4.69, 9.17) is 10.7 Å². The Hall–Kier alpha value is -3.16. The van der Waals surface area contributed by atoms with Crippen molar-refractivity contribution in [3.05, 3.63) is 48.8 Å². The second-order valence-electron chi connectivity index (χ2n) is 10.1. The van der Waals surface area contributed by atoms with E-state index in [1.54, 1.807) is 0 Å². The van der Waals surface area contributed by atoms with Gasteiger partial charge in [0.2, 0.25) is 0 Å². The van der Waals surface area contributed by atoms with Crippen molar-refractivity contribution >= 4 is 17.2 Å². The molecule has 34 heavy (non-hydrogen) atoms. The molecule has 0 bridgehead atoms. The number of nitrogens with two attached hydrogens (primary N) is 1. The van der Waals surface area contributed by atoms with E-state index in [0.29, 0.717) is 18.5 Å². The minimum Gasteiger partial charge on any atom is -0.399 e. The van der Waals surface area contributed by atoms with Gasteiger partial charge in [-0.2, -0.15) is 5.10 Å². The van der Waals surface area contributed by atoms with Gasteiger partial charge in [0.1, 0.15) is 5.82 Å². The van der Waals surface area contributed by atoms with Gasteiger partial charge in [0.15, 0.2) is 0 Å². The third-order valence-electron chi connectivity index (χ3n) is 7.80. The third-order valence-corrected chi connectivity index (χ3v) is 7.80. The van der Waals surface area contributed by atoms with Gasteiger partial charge in [0.25, 0.3) is 5.92 Å². The standard InChI is InChI=1S/C26H30F2N6/c27-26(28)10-14-33(15-11-26)24-3-1-2-21(31-24)19-17-30-34(18-19)22-5-4-20(29)16-23(22)32-12-8-25(6-7-25)9-13-32/h1-5,16-18H,6-15,29H2. The van der Waals surface area contributed by atoms with Crippen molar-refractivity contribution in [2.45, 2.75) is 44.4 Å². The number of aromatic nitrogens is 3. The lowest BCUT2D eigenvalue weighted by Gasteiger charge is -2.35.